The maximum absolute atomic E-state index is 11.5. The Morgan fingerprint density at radius 1 is 1.33 bits per heavy atom. The Kier molecular flexibility index (Phi) is 5.94. The Morgan fingerprint density at radius 3 is 2.72 bits per heavy atom. The highest BCUT2D eigenvalue weighted by molar-refractivity contribution is 7.89. The van der Waals surface area contributed by atoms with E-state index in [-0.39, 0.29) is 18.9 Å². The van der Waals surface area contributed by atoms with Crippen LogP contribution in [0.5, 0.6) is 5.75 Å². The van der Waals surface area contributed by atoms with Gasteiger partial charge in [-0.2, -0.15) is 0 Å². The maximum atomic E-state index is 11.5. The zero-order valence-electron chi connectivity index (χ0n) is 10.6. The highest BCUT2D eigenvalue weighted by Gasteiger charge is 2.08. The molecule has 1 aromatic rings. The van der Waals surface area contributed by atoms with Crippen LogP contribution in [0.2, 0.25) is 0 Å². The molecule has 0 amide bonds. The Hall–Kier alpha value is -1.27. The molecule has 0 fully saturated rings. The monoisotopic (exact) mass is 272 g/mol. The zero-order valence-corrected chi connectivity index (χ0v) is 11.4. The molecule has 0 saturated carbocycles. The number of nitrogen functional groups attached to an aromatic ring is 1. The SMILES string of the molecule is CCCCS(=O)(=O)NCCOc1ccccc1N. The van der Waals surface area contributed by atoms with Crippen molar-refractivity contribution in [3.05, 3.63) is 24.3 Å². The van der Waals surface area contributed by atoms with Gasteiger partial charge in [0.2, 0.25) is 10.0 Å². The van der Waals surface area contributed by atoms with Gasteiger partial charge in [0, 0.05) is 6.54 Å². The molecule has 0 spiro atoms. The van der Waals surface area contributed by atoms with E-state index in [1.807, 2.05) is 19.1 Å². The fourth-order valence-electron chi connectivity index (χ4n) is 1.38. The van der Waals surface area contributed by atoms with Crippen LogP contribution in [0, 0.1) is 0 Å². The van der Waals surface area contributed by atoms with E-state index < -0.39 is 10.0 Å². The molecule has 0 heterocycles. The molecule has 0 atom stereocenters. The minimum atomic E-state index is -3.17. The molecule has 0 saturated heterocycles. The van der Waals surface area contributed by atoms with Crippen LogP contribution in [0.3, 0.4) is 0 Å². The number of hydrogen-bond donors (Lipinski definition) is 2. The summed E-state index contributed by atoms with van der Waals surface area (Å²) in [6.07, 6.45) is 1.53. The van der Waals surface area contributed by atoms with Crippen molar-refractivity contribution in [3.63, 3.8) is 0 Å². The maximum Gasteiger partial charge on any atom is 0.211 e. The van der Waals surface area contributed by atoms with E-state index >= 15 is 0 Å². The number of nitrogens with one attached hydrogen (secondary N) is 1. The second kappa shape index (κ2) is 7.23. The molecule has 3 N–H and O–H groups in total. The Balaban J connectivity index is 2.29. The number of para-hydroxylation sites is 2. The minimum Gasteiger partial charge on any atom is -0.490 e. The van der Waals surface area contributed by atoms with Crippen molar-refractivity contribution in [1.82, 2.24) is 4.72 Å². The molecule has 0 aliphatic carbocycles. The van der Waals surface area contributed by atoms with Crippen molar-refractivity contribution >= 4 is 15.7 Å². The number of hydrogen-bond acceptors (Lipinski definition) is 4. The first-order valence-corrected chi connectivity index (χ1v) is 7.65. The molecule has 18 heavy (non-hydrogen) atoms. The van der Waals surface area contributed by atoms with Gasteiger partial charge in [-0.1, -0.05) is 25.5 Å². The van der Waals surface area contributed by atoms with E-state index in [1.165, 1.54) is 0 Å². The Morgan fingerprint density at radius 2 is 2.06 bits per heavy atom. The van der Waals surface area contributed by atoms with Crippen molar-refractivity contribution in [2.75, 3.05) is 24.6 Å². The highest BCUT2D eigenvalue weighted by atomic mass is 32.2. The molecule has 0 aromatic heterocycles. The molecule has 1 rings (SSSR count). The van der Waals surface area contributed by atoms with Gasteiger partial charge in [-0.05, 0) is 18.6 Å². The lowest BCUT2D eigenvalue weighted by Crippen LogP contribution is -2.30. The fourth-order valence-corrected chi connectivity index (χ4v) is 2.58. The lowest BCUT2D eigenvalue weighted by Gasteiger charge is -2.09. The number of nitrogens with two attached hydrogens (primary N) is 1. The van der Waals surface area contributed by atoms with E-state index in [4.69, 9.17) is 10.5 Å². The summed E-state index contributed by atoms with van der Waals surface area (Å²) < 4.78 is 30.8. The van der Waals surface area contributed by atoms with Crippen LogP contribution in [0.15, 0.2) is 24.3 Å². The van der Waals surface area contributed by atoms with Gasteiger partial charge in [-0.3, -0.25) is 0 Å². The van der Waals surface area contributed by atoms with Crippen molar-refractivity contribution in [1.29, 1.82) is 0 Å². The van der Waals surface area contributed by atoms with Gasteiger partial charge >= 0.3 is 0 Å². The Labute approximate surface area is 108 Å². The minimum absolute atomic E-state index is 0.164. The van der Waals surface area contributed by atoms with Crippen molar-refractivity contribution in [2.45, 2.75) is 19.8 Å². The van der Waals surface area contributed by atoms with Gasteiger partial charge in [0.25, 0.3) is 0 Å². The van der Waals surface area contributed by atoms with E-state index in [0.717, 1.165) is 6.42 Å². The van der Waals surface area contributed by atoms with Crippen LogP contribution in [0.1, 0.15) is 19.8 Å². The van der Waals surface area contributed by atoms with Gasteiger partial charge in [-0.15, -0.1) is 0 Å². The average Bonchev–Trinajstić information content (AvgIpc) is 2.34. The molecule has 0 aliphatic heterocycles. The fraction of sp³-hybridized carbons (Fsp3) is 0.500. The second-order valence-corrected chi connectivity index (χ2v) is 5.88. The van der Waals surface area contributed by atoms with E-state index in [1.54, 1.807) is 12.1 Å². The lowest BCUT2D eigenvalue weighted by atomic mass is 10.3. The standard InChI is InChI=1S/C12H20N2O3S/c1-2-3-10-18(15,16)14-8-9-17-12-7-5-4-6-11(12)13/h4-7,14H,2-3,8-10,13H2,1H3. The third-order valence-corrected chi connectivity index (χ3v) is 3.84. The molecular formula is C12H20N2O3S. The second-order valence-electron chi connectivity index (χ2n) is 3.95. The van der Waals surface area contributed by atoms with Crippen molar-refractivity contribution in [2.24, 2.45) is 0 Å². The summed E-state index contributed by atoms with van der Waals surface area (Å²) >= 11 is 0. The van der Waals surface area contributed by atoms with Crippen LogP contribution in [-0.4, -0.2) is 27.3 Å². The summed E-state index contributed by atoms with van der Waals surface area (Å²) in [7, 11) is -3.17. The van der Waals surface area contributed by atoms with Gasteiger partial charge in [0.05, 0.1) is 11.4 Å². The average molecular weight is 272 g/mol. The summed E-state index contributed by atoms with van der Waals surface area (Å²) in [6.45, 7) is 2.47. The van der Waals surface area contributed by atoms with E-state index in [0.29, 0.717) is 17.9 Å². The molecule has 0 aliphatic rings. The highest BCUT2D eigenvalue weighted by Crippen LogP contribution is 2.19. The first-order chi connectivity index (χ1) is 8.55. The smallest absolute Gasteiger partial charge is 0.211 e. The zero-order chi connectivity index (χ0) is 13.4. The predicted octanol–water partition coefficient (Wildman–Crippen LogP) is 1.37. The quantitative estimate of drug-likeness (QED) is 0.553. The molecule has 0 unspecified atom stereocenters. The summed E-state index contributed by atoms with van der Waals surface area (Å²) in [5, 5.41) is 0. The van der Waals surface area contributed by atoms with Crippen molar-refractivity contribution in [3.8, 4) is 5.75 Å². The first kappa shape index (κ1) is 14.8. The number of anilines is 1. The molecule has 6 heteroatoms. The first-order valence-electron chi connectivity index (χ1n) is 6.00. The molecule has 0 radical (unpaired) electrons. The van der Waals surface area contributed by atoms with Crippen LogP contribution in [0.25, 0.3) is 0 Å². The third-order valence-electron chi connectivity index (χ3n) is 2.37. The van der Waals surface area contributed by atoms with E-state index in [2.05, 4.69) is 4.72 Å². The molecule has 5 nitrogen and oxygen atoms in total. The van der Waals surface area contributed by atoms with Gasteiger partial charge in [0.1, 0.15) is 12.4 Å². The molecule has 102 valence electrons. The number of sulfonamides is 1. The summed E-state index contributed by atoms with van der Waals surface area (Å²) in [6, 6.07) is 7.12. The number of rotatable bonds is 8. The third kappa shape index (κ3) is 5.37. The Bertz CT molecular complexity index is 460. The largest absolute Gasteiger partial charge is 0.490 e. The van der Waals surface area contributed by atoms with Crippen LogP contribution in [-0.2, 0) is 10.0 Å². The molecule has 0 bridgehead atoms. The lowest BCUT2D eigenvalue weighted by molar-refractivity contribution is 0.324. The van der Waals surface area contributed by atoms with Gasteiger partial charge < -0.3 is 10.5 Å². The van der Waals surface area contributed by atoms with Crippen molar-refractivity contribution < 1.29 is 13.2 Å². The summed E-state index contributed by atoms with van der Waals surface area (Å²) in [5.74, 6) is 0.738. The van der Waals surface area contributed by atoms with Crippen LogP contribution < -0.4 is 15.2 Å². The van der Waals surface area contributed by atoms with E-state index in [9.17, 15) is 8.42 Å². The number of ether oxygens (including phenoxy) is 1. The number of unbranched alkanes of at least 4 members (excludes halogenated alkanes) is 1. The number of benzene rings is 1. The predicted molar refractivity (Wildman–Crippen MR) is 73.0 cm³/mol. The van der Waals surface area contributed by atoms with Gasteiger partial charge in [-0.25, -0.2) is 13.1 Å². The van der Waals surface area contributed by atoms with Gasteiger partial charge in [0.15, 0.2) is 0 Å². The molecule has 1 aromatic carbocycles. The van der Waals surface area contributed by atoms with Crippen LogP contribution in [0.4, 0.5) is 5.69 Å². The van der Waals surface area contributed by atoms with Crippen LogP contribution >= 0.6 is 0 Å². The topological polar surface area (TPSA) is 81.4 Å². The summed E-state index contributed by atoms with van der Waals surface area (Å²) in [4.78, 5) is 0. The molecular weight excluding hydrogens is 252 g/mol. The summed E-state index contributed by atoms with van der Waals surface area (Å²) in [5.41, 5.74) is 6.24. The normalized spacial score (nSPS) is 11.4.